The molecule has 25 heavy (non-hydrogen) atoms. The second-order valence-corrected chi connectivity index (χ2v) is 12.0. The maximum absolute atomic E-state index is 2.41. The molecule has 2 aromatic rings. The quantitative estimate of drug-likeness (QED) is 0.421. The Kier molecular flexibility index (Phi) is 10.3. The van der Waals surface area contributed by atoms with Crippen LogP contribution < -0.4 is 42.4 Å². The minimum atomic E-state index is -1.60. The number of hydrogen-bond donors (Lipinski definition) is 0. The fourth-order valence-corrected chi connectivity index (χ4v) is 10.2. The van der Waals surface area contributed by atoms with Gasteiger partial charge in [-0.3, -0.25) is 0 Å². The van der Waals surface area contributed by atoms with Gasteiger partial charge in [0.05, 0.1) is 0 Å². The van der Waals surface area contributed by atoms with E-state index in [0.29, 0.717) is 5.54 Å². The average molecular weight is 446 g/mol. The molecule has 132 valence electrons. The van der Waals surface area contributed by atoms with Crippen LogP contribution >= 0.6 is 0 Å². The third-order valence-electron chi connectivity index (χ3n) is 5.53. The molecular formula is C20H23Cl3SiTi. The fourth-order valence-electron chi connectivity index (χ4n) is 4.28. The molecular weight excluding hydrogens is 423 g/mol. The van der Waals surface area contributed by atoms with Crippen LogP contribution in [-0.2, 0) is 20.4 Å². The molecule has 0 aromatic heterocycles. The van der Waals surface area contributed by atoms with E-state index in [1.54, 1.807) is 16.3 Å². The van der Waals surface area contributed by atoms with E-state index < -0.39 is 8.07 Å². The summed E-state index contributed by atoms with van der Waals surface area (Å²) < 4.78 is 1.51. The predicted octanol–water partition coefficient (Wildman–Crippen LogP) is -3.99. The van der Waals surface area contributed by atoms with Gasteiger partial charge >= 0.3 is 147 Å². The summed E-state index contributed by atoms with van der Waals surface area (Å²) in [7, 11) is -1.60. The third-order valence-corrected chi connectivity index (χ3v) is 12.4. The van der Waals surface area contributed by atoms with Gasteiger partial charge in [-0.15, -0.1) is 0 Å². The van der Waals surface area contributed by atoms with Crippen molar-refractivity contribution in [1.82, 2.24) is 0 Å². The van der Waals surface area contributed by atoms with E-state index in [4.69, 9.17) is 0 Å². The molecule has 0 bridgehead atoms. The molecule has 0 amide bonds. The first-order chi connectivity index (χ1) is 10.7. The first-order valence-electron chi connectivity index (χ1n) is 8.23. The van der Waals surface area contributed by atoms with Crippen LogP contribution in [0.3, 0.4) is 0 Å². The van der Waals surface area contributed by atoms with Crippen molar-refractivity contribution in [3.05, 3.63) is 71.3 Å². The molecule has 1 aliphatic rings. The summed E-state index contributed by atoms with van der Waals surface area (Å²) in [6.07, 6.45) is 0. The summed E-state index contributed by atoms with van der Waals surface area (Å²) >= 11 is 2.31. The van der Waals surface area contributed by atoms with E-state index in [1.165, 1.54) is 21.5 Å². The molecule has 0 nitrogen and oxygen atoms in total. The smallest absolute Gasteiger partial charge is 1.00 e. The Bertz CT molecular complexity index is 712. The SMILES string of the molecule is CC[Si](CC)(c1ccccc1)C1C(C)=[C]([Ti+3])c2ccccc21.[Cl-].[Cl-].[Cl-]. The molecule has 0 radical (unpaired) electrons. The van der Waals surface area contributed by atoms with E-state index in [1.807, 2.05) is 0 Å². The van der Waals surface area contributed by atoms with E-state index in [0.717, 1.165) is 0 Å². The zero-order chi connectivity index (χ0) is 15.7. The zero-order valence-electron chi connectivity index (χ0n) is 14.8. The van der Waals surface area contributed by atoms with E-state index >= 15 is 0 Å². The van der Waals surface area contributed by atoms with Crippen LogP contribution in [0.2, 0.25) is 12.1 Å². The average Bonchev–Trinajstić information content (AvgIpc) is 2.84. The Morgan fingerprint density at radius 1 is 0.840 bits per heavy atom. The number of hydrogen-bond acceptors (Lipinski definition) is 0. The van der Waals surface area contributed by atoms with Crippen LogP contribution in [0.15, 0.2) is 60.2 Å². The van der Waals surface area contributed by atoms with E-state index in [2.05, 4.69) is 95.8 Å². The molecule has 3 rings (SSSR count). The van der Waals surface area contributed by atoms with Crippen LogP contribution in [0.4, 0.5) is 0 Å². The molecule has 5 heteroatoms. The minimum Gasteiger partial charge on any atom is -1.00 e. The summed E-state index contributed by atoms with van der Waals surface area (Å²) in [5, 5.41) is 1.62. The zero-order valence-corrected chi connectivity index (χ0v) is 19.7. The maximum atomic E-state index is 2.41. The standard InChI is InChI=1S/C20H23Si.3ClH.Ti/c1-4-21(5-2,18-12-7-6-8-13-18)20-16(3)15-17-11-9-10-14-19(17)20;;;;/h6-14,20H,4-5H2,1-3H3;3*1H;/q;;;;+3/p-3. The van der Waals surface area contributed by atoms with Crippen LogP contribution in [0, 0.1) is 0 Å². The summed E-state index contributed by atoms with van der Waals surface area (Å²) in [6, 6.07) is 23.0. The van der Waals surface area contributed by atoms with Crippen molar-refractivity contribution in [2.24, 2.45) is 0 Å². The summed E-state index contributed by atoms with van der Waals surface area (Å²) in [4.78, 5) is 0. The normalized spacial score (nSPS) is 15.6. The molecule has 0 N–H and O–H groups in total. The number of halogens is 3. The van der Waals surface area contributed by atoms with Crippen LogP contribution in [0.5, 0.6) is 0 Å². The van der Waals surface area contributed by atoms with Crippen molar-refractivity contribution < 1.29 is 57.7 Å². The Labute approximate surface area is 183 Å². The summed E-state index contributed by atoms with van der Waals surface area (Å²) in [5.41, 5.74) is 5.32. The first kappa shape index (κ1) is 25.0. The predicted molar refractivity (Wildman–Crippen MR) is 94.6 cm³/mol. The van der Waals surface area contributed by atoms with Gasteiger partial charge in [-0.2, -0.15) is 0 Å². The number of rotatable bonds is 4. The molecule has 0 saturated heterocycles. The van der Waals surface area contributed by atoms with Crippen molar-refractivity contribution in [3.63, 3.8) is 0 Å². The Hall–Kier alpha value is -0.0188. The second-order valence-electron chi connectivity index (χ2n) is 6.31. The Balaban J connectivity index is 0.00000192. The monoisotopic (exact) mass is 444 g/mol. The fraction of sp³-hybridized carbons (Fsp3) is 0.300. The molecule has 0 aliphatic heterocycles. The topological polar surface area (TPSA) is 0 Å². The van der Waals surface area contributed by atoms with Gasteiger partial charge in [0, 0.05) is 0 Å². The van der Waals surface area contributed by atoms with E-state index in [-0.39, 0.29) is 37.2 Å². The van der Waals surface area contributed by atoms with Gasteiger partial charge in [0.25, 0.3) is 0 Å². The van der Waals surface area contributed by atoms with Gasteiger partial charge in [-0.1, -0.05) is 0 Å². The molecule has 1 aliphatic carbocycles. The molecule has 0 saturated carbocycles. The Morgan fingerprint density at radius 2 is 1.36 bits per heavy atom. The molecule has 0 spiro atoms. The Morgan fingerprint density at radius 3 is 1.92 bits per heavy atom. The number of allylic oxidation sites excluding steroid dienone is 1. The maximum Gasteiger partial charge on any atom is -1.00 e. The van der Waals surface area contributed by atoms with Crippen molar-refractivity contribution in [1.29, 1.82) is 0 Å². The first-order valence-corrected chi connectivity index (χ1v) is 11.5. The van der Waals surface area contributed by atoms with Crippen molar-refractivity contribution in [2.75, 3.05) is 0 Å². The molecule has 1 unspecified atom stereocenters. The molecule has 1 atom stereocenters. The largest absolute Gasteiger partial charge is 1.00 e. The third kappa shape index (κ3) is 4.13. The van der Waals surface area contributed by atoms with Gasteiger partial charge in [-0.05, 0) is 0 Å². The summed E-state index contributed by atoms with van der Waals surface area (Å²) in [5.74, 6) is 0. The summed E-state index contributed by atoms with van der Waals surface area (Å²) in [6.45, 7) is 7.19. The van der Waals surface area contributed by atoms with Crippen LogP contribution in [-0.4, -0.2) is 8.07 Å². The van der Waals surface area contributed by atoms with Crippen molar-refractivity contribution in [2.45, 2.75) is 38.4 Å². The molecule has 2 aromatic carbocycles. The van der Waals surface area contributed by atoms with Gasteiger partial charge < -0.3 is 37.2 Å². The van der Waals surface area contributed by atoms with E-state index in [9.17, 15) is 0 Å². The second kappa shape index (κ2) is 10.4. The minimum absolute atomic E-state index is 0. The number of benzene rings is 2. The molecule has 0 fully saturated rings. The molecule has 0 heterocycles. The van der Waals surface area contributed by atoms with Crippen molar-refractivity contribution >= 4 is 17.1 Å². The van der Waals surface area contributed by atoms with Gasteiger partial charge in [-0.25, -0.2) is 0 Å². The van der Waals surface area contributed by atoms with Gasteiger partial charge in [0.2, 0.25) is 0 Å². The van der Waals surface area contributed by atoms with Gasteiger partial charge in [0.1, 0.15) is 0 Å². The van der Waals surface area contributed by atoms with Crippen LogP contribution in [0.25, 0.3) is 3.88 Å². The van der Waals surface area contributed by atoms with Crippen LogP contribution in [0.1, 0.15) is 37.4 Å². The number of fused-ring (bicyclic) bond motifs is 1. The van der Waals surface area contributed by atoms with Gasteiger partial charge in [0.15, 0.2) is 0 Å². The van der Waals surface area contributed by atoms with Crippen molar-refractivity contribution in [3.8, 4) is 0 Å².